The van der Waals surface area contributed by atoms with Gasteiger partial charge in [-0.25, -0.2) is 4.79 Å². The maximum absolute atomic E-state index is 13.1. The zero-order valence-electron chi connectivity index (χ0n) is 20.8. The lowest BCUT2D eigenvalue weighted by atomic mass is 9.66. The molecule has 1 aromatic carbocycles. The second-order valence-corrected chi connectivity index (χ2v) is 14.4. The number of allylic oxidation sites excluding steroid dienone is 2. The van der Waals surface area contributed by atoms with Crippen molar-refractivity contribution in [3.63, 3.8) is 0 Å². The number of alkyl halides is 3. The summed E-state index contributed by atoms with van der Waals surface area (Å²) in [6, 6.07) is 5.00. The summed E-state index contributed by atoms with van der Waals surface area (Å²) in [7, 11) is 0. The second kappa shape index (κ2) is 10.5. The largest absolute Gasteiger partial charge is 0.508 e. The monoisotopic (exact) mass is 662 g/mol. The van der Waals surface area contributed by atoms with E-state index in [2.05, 4.69) is 61.6 Å². The predicted molar refractivity (Wildman–Crippen MR) is 149 cm³/mol. The standard InChI is InChI=1S/C27H37Br3O4/c1-16-6-9-22(29)26(4)12-10-23(30)27(5,33)13-11-21(28)25(2,3)34-24(32)17-7-8-20(31)18(14-17)15-19(16)26/h7-8,14,21-23,31,33H,6,9-13,15H2,1-5H3/t21-,22?,23-,26+,27-/m1/s1. The molecule has 0 saturated carbocycles. The molecule has 1 unspecified atom stereocenters. The van der Waals surface area contributed by atoms with Gasteiger partial charge in [-0.2, -0.15) is 0 Å². The van der Waals surface area contributed by atoms with Crippen LogP contribution >= 0.6 is 47.8 Å². The quantitative estimate of drug-likeness (QED) is 0.170. The van der Waals surface area contributed by atoms with Crippen LogP contribution in [-0.4, -0.2) is 41.9 Å². The van der Waals surface area contributed by atoms with Crippen molar-refractivity contribution in [1.29, 1.82) is 0 Å². The molecule has 1 aliphatic heterocycles. The fraction of sp³-hybridized carbons (Fsp3) is 0.667. The molecule has 7 heteroatoms. The number of carbonyl (C=O) groups is 1. The first-order valence-corrected chi connectivity index (χ1v) is 14.8. The first kappa shape index (κ1) is 28.2. The molecule has 1 aliphatic carbocycles. The molecule has 190 valence electrons. The van der Waals surface area contributed by atoms with Crippen LogP contribution in [0.25, 0.3) is 0 Å². The number of ether oxygens (including phenoxy) is 1. The van der Waals surface area contributed by atoms with Crippen molar-refractivity contribution in [2.24, 2.45) is 5.41 Å². The Labute approximate surface area is 229 Å². The van der Waals surface area contributed by atoms with E-state index in [4.69, 9.17) is 4.74 Å². The average Bonchev–Trinajstić information content (AvgIpc) is 2.76. The van der Waals surface area contributed by atoms with Gasteiger partial charge in [-0.1, -0.05) is 65.9 Å². The van der Waals surface area contributed by atoms with Gasteiger partial charge in [0.25, 0.3) is 0 Å². The Kier molecular flexibility index (Phi) is 8.75. The summed E-state index contributed by atoms with van der Waals surface area (Å²) in [5.74, 6) is -0.223. The molecular weight excluding hydrogens is 628 g/mol. The van der Waals surface area contributed by atoms with E-state index in [1.807, 2.05) is 20.8 Å². The van der Waals surface area contributed by atoms with E-state index in [-0.39, 0.29) is 20.8 Å². The fourth-order valence-corrected chi connectivity index (χ4v) is 6.73. The van der Waals surface area contributed by atoms with Gasteiger partial charge in [-0.15, -0.1) is 0 Å². The number of cyclic esters (lactones) is 1. The van der Waals surface area contributed by atoms with Gasteiger partial charge in [0.05, 0.1) is 16.0 Å². The molecule has 0 aromatic heterocycles. The van der Waals surface area contributed by atoms with E-state index in [1.54, 1.807) is 18.2 Å². The van der Waals surface area contributed by atoms with Crippen LogP contribution in [0, 0.1) is 5.41 Å². The number of hydrogen-bond donors (Lipinski definition) is 2. The smallest absolute Gasteiger partial charge is 0.338 e. The number of aromatic hydroxyl groups is 1. The van der Waals surface area contributed by atoms with Crippen molar-refractivity contribution in [1.82, 2.24) is 0 Å². The first-order chi connectivity index (χ1) is 15.7. The number of benzene rings is 1. The molecule has 4 nitrogen and oxygen atoms in total. The maximum atomic E-state index is 13.1. The van der Waals surface area contributed by atoms with Crippen LogP contribution in [0.2, 0.25) is 0 Å². The molecule has 0 saturated heterocycles. The summed E-state index contributed by atoms with van der Waals surface area (Å²) in [6.45, 7) is 10.1. The Hall–Kier alpha value is -0.370. The minimum absolute atomic E-state index is 0.0741. The molecule has 0 amide bonds. The van der Waals surface area contributed by atoms with Crippen molar-refractivity contribution >= 4 is 53.8 Å². The number of esters is 1. The van der Waals surface area contributed by atoms with Crippen LogP contribution in [0.3, 0.4) is 0 Å². The van der Waals surface area contributed by atoms with Crippen LogP contribution in [-0.2, 0) is 11.2 Å². The zero-order chi connectivity index (χ0) is 25.5. The molecule has 1 aromatic rings. The van der Waals surface area contributed by atoms with E-state index < -0.39 is 17.2 Å². The van der Waals surface area contributed by atoms with Gasteiger partial charge in [0.15, 0.2) is 0 Å². The summed E-state index contributed by atoms with van der Waals surface area (Å²) in [5, 5.41) is 22.0. The number of hydrogen-bond acceptors (Lipinski definition) is 4. The fourth-order valence-electron chi connectivity index (χ4n) is 5.22. The second-order valence-electron chi connectivity index (χ2n) is 11.1. The van der Waals surface area contributed by atoms with Crippen molar-refractivity contribution in [3.8, 4) is 5.75 Å². The summed E-state index contributed by atoms with van der Waals surface area (Å²) in [6.07, 6.45) is 5.56. The Morgan fingerprint density at radius 3 is 2.29 bits per heavy atom. The molecule has 0 radical (unpaired) electrons. The van der Waals surface area contributed by atoms with E-state index in [0.29, 0.717) is 29.7 Å². The van der Waals surface area contributed by atoms with E-state index >= 15 is 0 Å². The minimum atomic E-state index is -0.905. The molecule has 2 aliphatic rings. The van der Waals surface area contributed by atoms with Gasteiger partial charge in [-0.3, -0.25) is 0 Å². The van der Waals surface area contributed by atoms with Gasteiger partial charge >= 0.3 is 5.97 Å². The van der Waals surface area contributed by atoms with Gasteiger partial charge < -0.3 is 14.9 Å². The lowest BCUT2D eigenvalue weighted by molar-refractivity contribution is -0.00674. The normalized spacial score (nSPS) is 35.4. The molecule has 0 fully saturated rings. The molecule has 3 rings (SSSR count). The minimum Gasteiger partial charge on any atom is -0.508 e. The molecule has 2 N–H and O–H groups in total. The van der Waals surface area contributed by atoms with E-state index in [9.17, 15) is 15.0 Å². The van der Waals surface area contributed by atoms with Crippen LogP contribution in [0.15, 0.2) is 29.3 Å². The maximum Gasteiger partial charge on any atom is 0.338 e. The lowest BCUT2D eigenvalue weighted by Crippen LogP contribution is -2.42. The number of rotatable bonds is 0. The van der Waals surface area contributed by atoms with Crippen molar-refractivity contribution < 1.29 is 19.7 Å². The van der Waals surface area contributed by atoms with Gasteiger partial charge in [-0.05, 0) is 96.4 Å². The highest BCUT2D eigenvalue weighted by Crippen LogP contribution is 2.50. The number of halogens is 3. The third kappa shape index (κ3) is 5.95. The molecule has 1 heterocycles. The van der Waals surface area contributed by atoms with Crippen LogP contribution in [0.5, 0.6) is 5.75 Å². The molecule has 5 atom stereocenters. The Morgan fingerprint density at radius 1 is 0.971 bits per heavy atom. The molecular formula is C27H37Br3O4. The van der Waals surface area contributed by atoms with Crippen LogP contribution < -0.4 is 0 Å². The van der Waals surface area contributed by atoms with E-state index in [1.165, 1.54) is 11.1 Å². The molecule has 34 heavy (non-hydrogen) atoms. The van der Waals surface area contributed by atoms with Crippen LogP contribution in [0.4, 0.5) is 0 Å². The number of carbonyl (C=O) groups excluding carboxylic acids is 1. The van der Waals surface area contributed by atoms with Crippen molar-refractivity contribution in [2.75, 3.05) is 0 Å². The molecule has 0 spiro atoms. The predicted octanol–water partition coefficient (Wildman–Crippen LogP) is 7.60. The highest BCUT2D eigenvalue weighted by atomic mass is 79.9. The summed E-state index contributed by atoms with van der Waals surface area (Å²) >= 11 is 11.5. The summed E-state index contributed by atoms with van der Waals surface area (Å²) in [4.78, 5) is 13.2. The topological polar surface area (TPSA) is 66.8 Å². The molecule has 2 bridgehead atoms. The average molecular weight is 665 g/mol. The number of phenols is 1. The van der Waals surface area contributed by atoms with Crippen molar-refractivity contribution in [2.45, 2.75) is 105 Å². The highest BCUT2D eigenvalue weighted by Gasteiger charge is 2.42. The summed E-state index contributed by atoms with van der Waals surface area (Å²) < 4.78 is 5.91. The van der Waals surface area contributed by atoms with Gasteiger partial charge in [0.2, 0.25) is 0 Å². The summed E-state index contributed by atoms with van der Waals surface area (Å²) in [5.41, 5.74) is 2.00. The zero-order valence-corrected chi connectivity index (χ0v) is 25.5. The van der Waals surface area contributed by atoms with E-state index in [0.717, 1.165) is 31.2 Å². The van der Waals surface area contributed by atoms with Crippen LogP contribution in [0.1, 0.15) is 89.1 Å². The number of phenolic OH excluding ortho intramolecular Hbond substituents is 1. The highest BCUT2D eigenvalue weighted by molar-refractivity contribution is 9.10. The Bertz CT molecular complexity index is 955. The van der Waals surface area contributed by atoms with Gasteiger partial charge in [0, 0.05) is 15.1 Å². The van der Waals surface area contributed by atoms with Gasteiger partial charge in [0.1, 0.15) is 11.4 Å². The Balaban J connectivity index is 2.08. The Morgan fingerprint density at radius 2 is 1.62 bits per heavy atom. The van der Waals surface area contributed by atoms with Crippen molar-refractivity contribution in [3.05, 3.63) is 40.5 Å². The number of aliphatic hydroxyl groups is 1. The third-order valence-electron chi connectivity index (χ3n) is 7.96. The number of fused-ring (bicyclic) bond motifs is 3. The third-order valence-corrected chi connectivity index (χ3v) is 12.4. The first-order valence-electron chi connectivity index (χ1n) is 12.1. The SMILES string of the molecule is CC1=C2Cc3cc(ccc3O)C(=O)OC(C)(C)[C@H](Br)CC[C@@](C)(O)[C@H](Br)CC[C@]2(C)C(Br)CC1. The lowest BCUT2D eigenvalue weighted by Gasteiger charge is -2.44.